The highest BCUT2D eigenvalue weighted by Crippen LogP contribution is 2.31. The topological polar surface area (TPSA) is 97.5 Å². The van der Waals surface area contributed by atoms with Gasteiger partial charge >= 0.3 is 5.97 Å². The average Bonchev–Trinajstić information content (AvgIpc) is 3.13. The summed E-state index contributed by atoms with van der Waals surface area (Å²) >= 11 is 0. The van der Waals surface area contributed by atoms with Gasteiger partial charge in [-0.2, -0.15) is 0 Å². The standard InChI is InChI=1S/C23H24N4O4/c1-14(2)31-18-10-8-17(9-11-18)27-15(3)20(24-25-27)22(28)26-13-12-16-6-4-5-7-19(16)21(26)23(29)30/h4-11,14,21H,12-13H2,1-3H3,(H,29,30). The molecule has 3 aromatic rings. The molecule has 1 N–H and O–H groups in total. The third-order valence-corrected chi connectivity index (χ3v) is 5.33. The Morgan fingerprint density at radius 1 is 1.13 bits per heavy atom. The lowest BCUT2D eigenvalue weighted by Crippen LogP contribution is -2.43. The molecule has 1 aromatic heterocycles. The van der Waals surface area contributed by atoms with Crippen LogP contribution in [0.5, 0.6) is 5.75 Å². The minimum Gasteiger partial charge on any atom is -0.491 e. The molecular weight excluding hydrogens is 396 g/mol. The zero-order valence-corrected chi connectivity index (χ0v) is 17.6. The van der Waals surface area contributed by atoms with Gasteiger partial charge in [0.15, 0.2) is 11.7 Å². The molecule has 4 rings (SSSR count). The van der Waals surface area contributed by atoms with Gasteiger partial charge in [0, 0.05) is 6.54 Å². The first kappa shape index (κ1) is 20.6. The fourth-order valence-corrected chi connectivity index (χ4v) is 3.90. The van der Waals surface area contributed by atoms with E-state index in [-0.39, 0.29) is 11.8 Å². The number of ether oxygens (including phenoxy) is 1. The van der Waals surface area contributed by atoms with E-state index in [2.05, 4.69) is 10.3 Å². The van der Waals surface area contributed by atoms with Gasteiger partial charge in [0.05, 0.1) is 17.5 Å². The molecule has 1 unspecified atom stereocenters. The average molecular weight is 420 g/mol. The molecule has 31 heavy (non-hydrogen) atoms. The summed E-state index contributed by atoms with van der Waals surface area (Å²) in [7, 11) is 0. The Morgan fingerprint density at radius 3 is 2.52 bits per heavy atom. The number of carbonyl (C=O) groups is 2. The molecule has 0 radical (unpaired) electrons. The summed E-state index contributed by atoms with van der Waals surface area (Å²) in [5.74, 6) is -0.763. The number of fused-ring (bicyclic) bond motifs is 1. The largest absolute Gasteiger partial charge is 0.491 e. The lowest BCUT2D eigenvalue weighted by Gasteiger charge is -2.34. The summed E-state index contributed by atoms with van der Waals surface area (Å²) in [4.78, 5) is 26.7. The van der Waals surface area contributed by atoms with Crippen LogP contribution in [0.1, 0.15) is 47.2 Å². The molecule has 2 aromatic carbocycles. The van der Waals surface area contributed by atoms with Crippen molar-refractivity contribution in [3.05, 3.63) is 71.0 Å². The van der Waals surface area contributed by atoms with Crippen LogP contribution in [0, 0.1) is 6.92 Å². The maximum Gasteiger partial charge on any atom is 0.331 e. The third-order valence-electron chi connectivity index (χ3n) is 5.33. The Balaban J connectivity index is 1.63. The number of carboxylic acid groups (broad SMARTS) is 1. The fraction of sp³-hybridized carbons (Fsp3) is 0.304. The first-order valence-corrected chi connectivity index (χ1v) is 10.2. The van der Waals surface area contributed by atoms with Gasteiger partial charge in [-0.1, -0.05) is 29.5 Å². The van der Waals surface area contributed by atoms with Crippen molar-refractivity contribution < 1.29 is 19.4 Å². The molecule has 1 aliphatic rings. The molecule has 0 bridgehead atoms. The molecule has 0 saturated heterocycles. The van der Waals surface area contributed by atoms with Crippen LogP contribution in [0.25, 0.3) is 5.69 Å². The van der Waals surface area contributed by atoms with E-state index in [9.17, 15) is 14.7 Å². The molecule has 0 fully saturated rings. The second-order valence-corrected chi connectivity index (χ2v) is 7.78. The van der Waals surface area contributed by atoms with E-state index in [1.54, 1.807) is 23.7 Å². The Bertz CT molecular complexity index is 1120. The molecule has 8 heteroatoms. The Labute approximate surface area is 180 Å². The van der Waals surface area contributed by atoms with Gasteiger partial charge < -0.3 is 14.7 Å². The SMILES string of the molecule is Cc1c(C(=O)N2CCc3ccccc3C2C(=O)O)nnn1-c1ccc(OC(C)C)cc1. The zero-order chi connectivity index (χ0) is 22.1. The zero-order valence-electron chi connectivity index (χ0n) is 17.6. The smallest absolute Gasteiger partial charge is 0.331 e. The first-order chi connectivity index (χ1) is 14.9. The fourth-order valence-electron chi connectivity index (χ4n) is 3.90. The molecular formula is C23H24N4O4. The molecule has 0 spiro atoms. The summed E-state index contributed by atoms with van der Waals surface area (Å²) in [5.41, 5.74) is 3.01. The summed E-state index contributed by atoms with van der Waals surface area (Å²) < 4.78 is 7.23. The highest BCUT2D eigenvalue weighted by molar-refractivity contribution is 5.96. The van der Waals surface area contributed by atoms with Gasteiger partial charge in [-0.3, -0.25) is 4.79 Å². The van der Waals surface area contributed by atoms with Crippen molar-refractivity contribution in [3.8, 4) is 11.4 Å². The number of rotatable bonds is 5. The first-order valence-electron chi connectivity index (χ1n) is 10.2. The Hall–Kier alpha value is -3.68. The number of hydrogen-bond acceptors (Lipinski definition) is 5. The summed E-state index contributed by atoms with van der Waals surface area (Å²) in [6.07, 6.45) is 0.663. The number of nitrogens with zero attached hydrogens (tertiary/aromatic N) is 4. The molecule has 0 aliphatic carbocycles. The predicted molar refractivity (Wildman–Crippen MR) is 113 cm³/mol. The van der Waals surface area contributed by atoms with E-state index in [1.807, 2.05) is 50.2 Å². The van der Waals surface area contributed by atoms with Gasteiger partial charge in [-0.15, -0.1) is 5.10 Å². The van der Waals surface area contributed by atoms with Crippen LogP contribution >= 0.6 is 0 Å². The van der Waals surface area contributed by atoms with Crippen molar-refractivity contribution >= 4 is 11.9 Å². The molecule has 1 atom stereocenters. The molecule has 1 amide bonds. The van der Waals surface area contributed by atoms with E-state index in [1.165, 1.54) is 4.90 Å². The number of carboxylic acids is 1. The van der Waals surface area contributed by atoms with E-state index >= 15 is 0 Å². The van der Waals surface area contributed by atoms with Crippen LogP contribution in [0.4, 0.5) is 0 Å². The van der Waals surface area contributed by atoms with Crippen LogP contribution in [0.3, 0.4) is 0 Å². The van der Waals surface area contributed by atoms with E-state index in [4.69, 9.17) is 4.74 Å². The lowest BCUT2D eigenvalue weighted by atomic mass is 9.92. The van der Waals surface area contributed by atoms with E-state index in [0.717, 1.165) is 17.0 Å². The van der Waals surface area contributed by atoms with Gasteiger partial charge in [-0.25, -0.2) is 9.48 Å². The highest BCUT2D eigenvalue weighted by atomic mass is 16.5. The number of aromatic nitrogens is 3. The Morgan fingerprint density at radius 2 is 1.84 bits per heavy atom. The van der Waals surface area contributed by atoms with Crippen LogP contribution in [0.15, 0.2) is 48.5 Å². The van der Waals surface area contributed by atoms with Crippen LogP contribution in [-0.2, 0) is 11.2 Å². The second kappa shape index (κ2) is 8.22. The molecule has 2 heterocycles. The van der Waals surface area contributed by atoms with Gasteiger partial charge in [0.25, 0.3) is 5.91 Å². The minimum absolute atomic E-state index is 0.0695. The summed E-state index contributed by atoms with van der Waals surface area (Å²) in [6, 6.07) is 13.6. The monoisotopic (exact) mass is 420 g/mol. The minimum atomic E-state index is -1.06. The third kappa shape index (κ3) is 3.88. The van der Waals surface area contributed by atoms with Crippen molar-refractivity contribution in [2.24, 2.45) is 0 Å². The van der Waals surface area contributed by atoms with Gasteiger partial charge in [0.2, 0.25) is 0 Å². The number of aliphatic carboxylic acids is 1. The molecule has 1 aliphatic heterocycles. The van der Waals surface area contributed by atoms with Gasteiger partial charge in [0.1, 0.15) is 5.75 Å². The van der Waals surface area contributed by atoms with Crippen LogP contribution in [-0.4, -0.2) is 49.5 Å². The van der Waals surface area contributed by atoms with E-state index < -0.39 is 17.9 Å². The number of amides is 1. The quantitative estimate of drug-likeness (QED) is 0.681. The normalized spacial score (nSPS) is 15.6. The van der Waals surface area contributed by atoms with Crippen molar-refractivity contribution in [2.75, 3.05) is 6.54 Å². The number of benzene rings is 2. The summed E-state index contributed by atoms with van der Waals surface area (Å²) in [6.45, 7) is 5.97. The molecule has 160 valence electrons. The second-order valence-electron chi connectivity index (χ2n) is 7.78. The molecule has 0 saturated carbocycles. The van der Waals surface area contributed by atoms with E-state index in [0.29, 0.717) is 24.2 Å². The molecule has 8 nitrogen and oxygen atoms in total. The van der Waals surface area contributed by atoms with Crippen molar-refractivity contribution in [3.63, 3.8) is 0 Å². The van der Waals surface area contributed by atoms with Gasteiger partial charge in [-0.05, 0) is 62.6 Å². The number of carbonyl (C=O) groups excluding carboxylic acids is 1. The summed E-state index contributed by atoms with van der Waals surface area (Å²) in [5, 5.41) is 18.1. The maximum absolute atomic E-state index is 13.3. The maximum atomic E-state index is 13.3. The van der Waals surface area contributed by atoms with Crippen LogP contribution < -0.4 is 4.74 Å². The predicted octanol–water partition coefficient (Wildman–Crippen LogP) is 3.19. The Kier molecular flexibility index (Phi) is 5.46. The highest BCUT2D eigenvalue weighted by Gasteiger charge is 2.37. The van der Waals surface area contributed by atoms with Crippen molar-refractivity contribution in [2.45, 2.75) is 39.3 Å². The van der Waals surface area contributed by atoms with Crippen molar-refractivity contribution in [1.29, 1.82) is 0 Å². The number of hydrogen-bond donors (Lipinski definition) is 1. The van der Waals surface area contributed by atoms with Crippen molar-refractivity contribution in [1.82, 2.24) is 19.9 Å². The van der Waals surface area contributed by atoms with Crippen LogP contribution in [0.2, 0.25) is 0 Å². The lowest BCUT2D eigenvalue weighted by molar-refractivity contribution is -0.143.